The summed E-state index contributed by atoms with van der Waals surface area (Å²) in [6.07, 6.45) is 6.59. The Morgan fingerprint density at radius 2 is 2.06 bits per heavy atom. The topological polar surface area (TPSA) is 55.1 Å². The fourth-order valence-corrected chi connectivity index (χ4v) is 2.55. The van der Waals surface area contributed by atoms with Crippen LogP contribution in [0.5, 0.6) is 0 Å². The summed E-state index contributed by atoms with van der Waals surface area (Å²) in [4.78, 5) is 12.2. The fraction of sp³-hybridized carbons (Fsp3) is 0.923. The molecule has 1 aliphatic carbocycles. The summed E-state index contributed by atoms with van der Waals surface area (Å²) in [5.41, 5.74) is 5.76. The molecular weight excluding hydrogens is 232 g/mol. The van der Waals surface area contributed by atoms with Crippen LogP contribution >= 0.6 is 11.8 Å². The highest BCUT2D eigenvalue weighted by atomic mass is 32.2. The molecule has 17 heavy (non-hydrogen) atoms. The summed E-state index contributed by atoms with van der Waals surface area (Å²) in [6.45, 7) is 5.68. The molecule has 0 bridgehead atoms. The highest BCUT2D eigenvalue weighted by Gasteiger charge is 2.30. The Kier molecular flexibility index (Phi) is 5.80. The first kappa shape index (κ1) is 14.8. The number of amides is 1. The first-order valence-electron chi connectivity index (χ1n) is 6.53. The summed E-state index contributed by atoms with van der Waals surface area (Å²) in [5, 5.41) is 3.09. The molecular formula is C13H26N2OS. The van der Waals surface area contributed by atoms with Crippen molar-refractivity contribution in [3.8, 4) is 0 Å². The van der Waals surface area contributed by atoms with Gasteiger partial charge < -0.3 is 11.1 Å². The number of carbonyl (C=O) groups is 1. The van der Waals surface area contributed by atoms with Crippen LogP contribution in [-0.4, -0.2) is 30.0 Å². The molecule has 1 rings (SSSR count). The molecule has 0 aromatic rings. The van der Waals surface area contributed by atoms with Crippen molar-refractivity contribution in [1.29, 1.82) is 0 Å². The summed E-state index contributed by atoms with van der Waals surface area (Å²) in [6, 6.07) is 0. The molecule has 0 aliphatic heterocycles. The van der Waals surface area contributed by atoms with E-state index in [2.05, 4.69) is 25.4 Å². The molecule has 0 heterocycles. The second-order valence-corrected chi connectivity index (χ2v) is 7.08. The van der Waals surface area contributed by atoms with Gasteiger partial charge in [-0.25, -0.2) is 0 Å². The van der Waals surface area contributed by atoms with Gasteiger partial charge in [0.15, 0.2) is 0 Å². The molecule has 0 radical (unpaired) electrons. The highest BCUT2D eigenvalue weighted by Crippen LogP contribution is 2.29. The Balaban J connectivity index is 2.45. The van der Waals surface area contributed by atoms with Crippen LogP contribution in [0.3, 0.4) is 0 Å². The molecule has 0 aromatic heterocycles. The van der Waals surface area contributed by atoms with E-state index in [9.17, 15) is 4.79 Å². The maximum atomic E-state index is 12.2. The average molecular weight is 258 g/mol. The molecule has 100 valence electrons. The Morgan fingerprint density at radius 1 is 1.41 bits per heavy atom. The van der Waals surface area contributed by atoms with Gasteiger partial charge in [0.1, 0.15) is 0 Å². The number of hydrogen-bond acceptors (Lipinski definition) is 3. The van der Waals surface area contributed by atoms with E-state index in [1.807, 2.05) is 0 Å². The minimum atomic E-state index is 0.114. The monoisotopic (exact) mass is 258 g/mol. The zero-order valence-corrected chi connectivity index (χ0v) is 12.1. The summed E-state index contributed by atoms with van der Waals surface area (Å²) in [7, 11) is 0. The SMILES string of the molecule is CSC(C)(C)CNC(=O)C1CCCCC1CN. The molecule has 2 atom stereocenters. The zero-order chi connectivity index (χ0) is 12.9. The van der Waals surface area contributed by atoms with Crippen LogP contribution in [0.1, 0.15) is 39.5 Å². The molecule has 1 saturated carbocycles. The lowest BCUT2D eigenvalue weighted by atomic mass is 9.78. The number of carbonyl (C=O) groups excluding carboxylic acids is 1. The lowest BCUT2D eigenvalue weighted by Crippen LogP contribution is -2.43. The largest absolute Gasteiger partial charge is 0.354 e. The number of thioether (sulfide) groups is 1. The normalized spacial score (nSPS) is 25.6. The van der Waals surface area contributed by atoms with Gasteiger partial charge in [-0.05, 0) is 45.4 Å². The van der Waals surface area contributed by atoms with E-state index in [4.69, 9.17) is 5.73 Å². The molecule has 0 aromatic carbocycles. The van der Waals surface area contributed by atoms with E-state index in [0.717, 1.165) is 19.4 Å². The molecule has 1 amide bonds. The maximum Gasteiger partial charge on any atom is 0.223 e. The average Bonchev–Trinajstić information content (AvgIpc) is 2.36. The maximum absolute atomic E-state index is 12.2. The fourth-order valence-electron chi connectivity index (χ4n) is 2.34. The van der Waals surface area contributed by atoms with Crippen molar-refractivity contribution >= 4 is 17.7 Å². The quantitative estimate of drug-likeness (QED) is 0.793. The van der Waals surface area contributed by atoms with Crippen molar-refractivity contribution in [3.63, 3.8) is 0 Å². The van der Waals surface area contributed by atoms with Crippen molar-refractivity contribution in [2.24, 2.45) is 17.6 Å². The van der Waals surface area contributed by atoms with Crippen LogP contribution in [-0.2, 0) is 4.79 Å². The molecule has 4 heteroatoms. The van der Waals surface area contributed by atoms with E-state index in [1.165, 1.54) is 12.8 Å². The lowest BCUT2D eigenvalue weighted by molar-refractivity contribution is -0.127. The predicted octanol–water partition coefficient (Wildman–Crippen LogP) is 2.01. The Labute approximate surface area is 109 Å². The van der Waals surface area contributed by atoms with Gasteiger partial charge in [-0.1, -0.05) is 12.8 Å². The van der Waals surface area contributed by atoms with E-state index < -0.39 is 0 Å². The Bertz CT molecular complexity index is 256. The number of hydrogen-bond donors (Lipinski definition) is 2. The van der Waals surface area contributed by atoms with E-state index >= 15 is 0 Å². The molecule has 3 nitrogen and oxygen atoms in total. The van der Waals surface area contributed by atoms with Gasteiger partial charge in [0.2, 0.25) is 5.91 Å². The van der Waals surface area contributed by atoms with Gasteiger partial charge in [0.25, 0.3) is 0 Å². The molecule has 0 spiro atoms. The molecule has 0 saturated heterocycles. The lowest BCUT2D eigenvalue weighted by Gasteiger charge is -2.31. The molecule has 3 N–H and O–H groups in total. The third-order valence-corrected chi connectivity index (χ3v) is 5.04. The van der Waals surface area contributed by atoms with Crippen LogP contribution in [0.4, 0.5) is 0 Å². The van der Waals surface area contributed by atoms with Crippen molar-refractivity contribution in [2.45, 2.75) is 44.3 Å². The summed E-state index contributed by atoms with van der Waals surface area (Å²) in [5.74, 6) is 0.745. The number of rotatable bonds is 5. The number of nitrogens with one attached hydrogen (secondary N) is 1. The van der Waals surface area contributed by atoms with Gasteiger partial charge in [0.05, 0.1) is 0 Å². The van der Waals surface area contributed by atoms with Gasteiger partial charge in [-0.3, -0.25) is 4.79 Å². The highest BCUT2D eigenvalue weighted by molar-refractivity contribution is 7.99. The Hall–Kier alpha value is -0.220. The smallest absolute Gasteiger partial charge is 0.223 e. The van der Waals surface area contributed by atoms with Gasteiger partial charge in [-0.15, -0.1) is 0 Å². The van der Waals surface area contributed by atoms with Crippen LogP contribution in [0, 0.1) is 11.8 Å². The van der Waals surface area contributed by atoms with Gasteiger partial charge in [0, 0.05) is 17.2 Å². The minimum absolute atomic E-state index is 0.114. The van der Waals surface area contributed by atoms with Gasteiger partial charge >= 0.3 is 0 Å². The third kappa shape index (κ3) is 4.51. The van der Waals surface area contributed by atoms with Gasteiger partial charge in [-0.2, -0.15) is 11.8 Å². The van der Waals surface area contributed by atoms with Crippen molar-refractivity contribution in [3.05, 3.63) is 0 Å². The van der Waals surface area contributed by atoms with Crippen LogP contribution in [0.25, 0.3) is 0 Å². The van der Waals surface area contributed by atoms with E-state index in [-0.39, 0.29) is 16.6 Å². The second-order valence-electron chi connectivity index (χ2n) is 5.57. The molecule has 2 unspecified atom stereocenters. The van der Waals surface area contributed by atoms with E-state index in [1.54, 1.807) is 11.8 Å². The zero-order valence-electron chi connectivity index (χ0n) is 11.3. The first-order chi connectivity index (χ1) is 8.00. The summed E-state index contributed by atoms with van der Waals surface area (Å²) < 4.78 is 0.114. The van der Waals surface area contributed by atoms with E-state index in [0.29, 0.717) is 12.5 Å². The van der Waals surface area contributed by atoms with Crippen LogP contribution in [0.2, 0.25) is 0 Å². The first-order valence-corrected chi connectivity index (χ1v) is 7.75. The van der Waals surface area contributed by atoms with Crippen LogP contribution < -0.4 is 11.1 Å². The van der Waals surface area contributed by atoms with Crippen LogP contribution in [0.15, 0.2) is 0 Å². The molecule has 1 fully saturated rings. The summed E-state index contributed by atoms with van der Waals surface area (Å²) >= 11 is 1.78. The predicted molar refractivity (Wildman–Crippen MR) is 75.1 cm³/mol. The van der Waals surface area contributed by atoms with Crippen molar-refractivity contribution in [2.75, 3.05) is 19.3 Å². The third-order valence-electron chi connectivity index (χ3n) is 3.79. The minimum Gasteiger partial charge on any atom is -0.354 e. The Morgan fingerprint density at radius 3 is 2.65 bits per heavy atom. The number of nitrogens with two attached hydrogens (primary N) is 1. The van der Waals surface area contributed by atoms with Crippen molar-refractivity contribution < 1.29 is 4.79 Å². The molecule has 1 aliphatic rings. The standard InChI is InChI=1S/C13H26N2OS/c1-13(2,17-3)9-15-12(16)11-7-5-4-6-10(11)8-14/h10-11H,4-9,14H2,1-3H3,(H,15,16). The second kappa shape index (κ2) is 6.64. The van der Waals surface area contributed by atoms with Crippen molar-refractivity contribution in [1.82, 2.24) is 5.32 Å².